The number of ether oxygens (including phenoxy) is 1. The molecule has 0 fully saturated rings. The van der Waals surface area contributed by atoms with Crippen LogP contribution in [-0.4, -0.2) is 22.7 Å². The second kappa shape index (κ2) is 7.33. The molecule has 3 aromatic rings. The van der Waals surface area contributed by atoms with Crippen LogP contribution in [0.15, 0.2) is 48.7 Å². The van der Waals surface area contributed by atoms with Crippen LogP contribution < -0.4 is 10.1 Å². The molecule has 4 atom stereocenters. The molecule has 0 saturated carbocycles. The number of aliphatic hydroxyl groups excluding tert-OH is 1. The highest BCUT2D eigenvalue weighted by molar-refractivity contribution is 6.30. The van der Waals surface area contributed by atoms with Gasteiger partial charge in [0.25, 0.3) is 0 Å². The van der Waals surface area contributed by atoms with E-state index in [0.29, 0.717) is 12.0 Å². The number of aromatic nitrogens is 1. The average Bonchev–Trinajstić information content (AvgIpc) is 3.20. The Morgan fingerprint density at radius 1 is 1.10 bits per heavy atom. The molecule has 2 aromatic carbocycles. The number of nitrogens with one attached hydrogen (secondary N) is 1. The molecule has 1 aromatic heterocycles. The van der Waals surface area contributed by atoms with Gasteiger partial charge in [0.2, 0.25) is 0 Å². The Labute approximate surface area is 187 Å². The highest BCUT2D eigenvalue weighted by Gasteiger charge is 2.52. The van der Waals surface area contributed by atoms with E-state index < -0.39 is 0 Å². The standard InChI is InChI=1S/C26H25ClN2O2/c1-2-28-21-11-15-3-4-16(13-30)25-22(15)23-20(21)10-17-9-18(12-29-24(17)26(23)31-25)14-5-7-19(27)8-6-14/h3-9,12,20-21,23,26,28,30H,2,10-11,13H2,1H3/t20-,21?,23?,26+/m0/s1. The third-order valence-corrected chi connectivity index (χ3v) is 7.48. The van der Waals surface area contributed by atoms with Crippen molar-refractivity contribution in [3.8, 4) is 16.9 Å². The van der Waals surface area contributed by atoms with Crippen LogP contribution in [0.3, 0.4) is 0 Å². The number of pyridine rings is 1. The predicted molar refractivity (Wildman–Crippen MR) is 122 cm³/mol. The van der Waals surface area contributed by atoms with E-state index in [-0.39, 0.29) is 18.6 Å². The maximum Gasteiger partial charge on any atom is 0.148 e. The van der Waals surface area contributed by atoms with Gasteiger partial charge in [-0.15, -0.1) is 0 Å². The minimum Gasteiger partial charge on any atom is -0.483 e. The number of rotatable bonds is 4. The van der Waals surface area contributed by atoms with Gasteiger partial charge in [-0.05, 0) is 60.2 Å². The van der Waals surface area contributed by atoms with Gasteiger partial charge in [0, 0.05) is 39.9 Å². The Bertz CT molecular complexity index is 1160. The molecular weight excluding hydrogens is 408 g/mol. The fraction of sp³-hybridized carbons (Fsp3) is 0.346. The largest absolute Gasteiger partial charge is 0.483 e. The molecule has 0 spiro atoms. The first kappa shape index (κ1) is 19.3. The fourth-order valence-corrected chi connectivity index (χ4v) is 6.02. The van der Waals surface area contributed by atoms with Crippen molar-refractivity contribution in [2.24, 2.45) is 5.92 Å². The Balaban J connectivity index is 1.47. The average molecular weight is 433 g/mol. The molecule has 0 amide bonds. The van der Waals surface area contributed by atoms with Crippen LogP contribution in [0, 0.1) is 5.92 Å². The van der Waals surface area contributed by atoms with Crippen molar-refractivity contribution < 1.29 is 9.84 Å². The molecule has 158 valence electrons. The molecule has 0 saturated heterocycles. The summed E-state index contributed by atoms with van der Waals surface area (Å²) in [4.78, 5) is 4.92. The summed E-state index contributed by atoms with van der Waals surface area (Å²) in [5.74, 6) is 1.63. The van der Waals surface area contributed by atoms with Crippen molar-refractivity contribution in [1.29, 1.82) is 0 Å². The second-order valence-corrected chi connectivity index (χ2v) is 9.30. The second-order valence-electron chi connectivity index (χ2n) is 8.86. The molecule has 2 heterocycles. The fourth-order valence-electron chi connectivity index (χ4n) is 5.90. The lowest BCUT2D eigenvalue weighted by atomic mass is 9.64. The van der Waals surface area contributed by atoms with E-state index in [4.69, 9.17) is 21.3 Å². The molecule has 5 heteroatoms. The first-order valence-corrected chi connectivity index (χ1v) is 11.5. The highest BCUT2D eigenvalue weighted by atomic mass is 35.5. The number of nitrogens with zero attached hydrogens (tertiary/aromatic N) is 1. The summed E-state index contributed by atoms with van der Waals surface area (Å²) < 4.78 is 6.57. The molecule has 2 aliphatic carbocycles. The highest BCUT2D eigenvalue weighted by Crippen LogP contribution is 2.59. The molecule has 2 N–H and O–H groups in total. The molecule has 6 rings (SSSR count). The van der Waals surface area contributed by atoms with Crippen molar-refractivity contribution in [3.05, 3.63) is 81.6 Å². The number of hydrogen-bond donors (Lipinski definition) is 2. The lowest BCUT2D eigenvalue weighted by molar-refractivity contribution is 0.132. The van der Waals surface area contributed by atoms with E-state index in [1.165, 1.54) is 16.7 Å². The van der Waals surface area contributed by atoms with E-state index in [1.807, 2.05) is 36.5 Å². The van der Waals surface area contributed by atoms with E-state index in [1.54, 1.807) is 0 Å². The molecule has 31 heavy (non-hydrogen) atoms. The smallest absolute Gasteiger partial charge is 0.148 e. The maximum absolute atomic E-state index is 9.91. The van der Waals surface area contributed by atoms with Crippen LogP contribution in [0.25, 0.3) is 11.1 Å². The SMILES string of the molecule is CCNC1Cc2ccc(CO)c3c2C2[C@H]1Cc1cc(-c4ccc(Cl)cc4)cnc1[C@@H]2O3. The van der Waals surface area contributed by atoms with Gasteiger partial charge in [0.05, 0.1) is 12.3 Å². The van der Waals surface area contributed by atoms with Crippen LogP contribution >= 0.6 is 11.6 Å². The molecule has 1 aliphatic heterocycles. The van der Waals surface area contributed by atoms with Crippen molar-refractivity contribution in [2.45, 2.75) is 44.4 Å². The molecule has 0 radical (unpaired) electrons. The van der Waals surface area contributed by atoms with Crippen molar-refractivity contribution >= 4 is 11.6 Å². The molecule has 3 aliphatic rings. The Morgan fingerprint density at radius 3 is 2.71 bits per heavy atom. The van der Waals surface area contributed by atoms with Crippen molar-refractivity contribution in [3.63, 3.8) is 0 Å². The summed E-state index contributed by atoms with van der Waals surface area (Å²) in [5, 5.41) is 14.4. The number of likely N-dealkylation sites (N-methyl/N-ethyl adjacent to an activating group) is 1. The zero-order valence-electron chi connectivity index (χ0n) is 17.4. The predicted octanol–water partition coefficient (Wildman–Crippen LogP) is 4.82. The third-order valence-electron chi connectivity index (χ3n) is 7.23. The normalized spacial score (nSPS) is 25.0. The van der Waals surface area contributed by atoms with Gasteiger partial charge in [0.1, 0.15) is 11.9 Å². The zero-order chi connectivity index (χ0) is 21.1. The summed E-state index contributed by atoms with van der Waals surface area (Å²) in [6.45, 7) is 3.13. The Kier molecular flexibility index (Phi) is 4.57. The van der Waals surface area contributed by atoms with E-state index in [0.717, 1.165) is 52.5 Å². The third kappa shape index (κ3) is 2.93. The lowest BCUT2D eigenvalue weighted by Crippen LogP contribution is -2.47. The Hall–Kier alpha value is -2.40. The van der Waals surface area contributed by atoms with Crippen molar-refractivity contribution in [2.75, 3.05) is 6.54 Å². The van der Waals surface area contributed by atoms with Gasteiger partial charge in [-0.1, -0.05) is 42.8 Å². The topological polar surface area (TPSA) is 54.4 Å². The maximum atomic E-state index is 9.91. The van der Waals surface area contributed by atoms with Gasteiger partial charge in [-0.25, -0.2) is 0 Å². The van der Waals surface area contributed by atoms with Crippen LogP contribution in [0.2, 0.25) is 5.02 Å². The van der Waals surface area contributed by atoms with Crippen LogP contribution in [0.1, 0.15) is 46.9 Å². The summed E-state index contributed by atoms with van der Waals surface area (Å²) in [5.41, 5.74) is 8.08. The monoisotopic (exact) mass is 432 g/mol. The lowest BCUT2D eigenvalue weighted by Gasteiger charge is -2.42. The van der Waals surface area contributed by atoms with E-state index in [2.05, 4.69) is 24.4 Å². The number of fused-ring (bicyclic) bond motifs is 2. The van der Waals surface area contributed by atoms with Crippen LogP contribution in [0.5, 0.6) is 5.75 Å². The first-order valence-electron chi connectivity index (χ1n) is 11.1. The van der Waals surface area contributed by atoms with E-state index in [9.17, 15) is 5.11 Å². The minimum atomic E-state index is -0.0871. The number of benzene rings is 2. The number of aliphatic hydroxyl groups is 1. The van der Waals surface area contributed by atoms with E-state index >= 15 is 0 Å². The van der Waals surface area contributed by atoms with Gasteiger partial charge in [-0.2, -0.15) is 0 Å². The number of halogens is 1. The number of hydrogen-bond acceptors (Lipinski definition) is 4. The zero-order valence-corrected chi connectivity index (χ0v) is 18.2. The summed E-state index contributed by atoms with van der Waals surface area (Å²) in [6, 6.07) is 14.8. The first-order chi connectivity index (χ1) is 15.2. The summed E-state index contributed by atoms with van der Waals surface area (Å²) >= 11 is 6.08. The van der Waals surface area contributed by atoms with Gasteiger partial charge < -0.3 is 15.2 Å². The quantitative estimate of drug-likeness (QED) is 0.620. The molecule has 0 bridgehead atoms. The van der Waals surface area contributed by atoms with Gasteiger partial charge in [0.15, 0.2) is 0 Å². The van der Waals surface area contributed by atoms with Crippen molar-refractivity contribution in [1.82, 2.24) is 10.3 Å². The summed E-state index contributed by atoms with van der Waals surface area (Å²) in [7, 11) is 0. The molecule has 2 unspecified atom stereocenters. The Morgan fingerprint density at radius 2 is 1.94 bits per heavy atom. The van der Waals surface area contributed by atoms with Crippen LogP contribution in [0.4, 0.5) is 0 Å². The van der Waals surface area contributed by atoms with Gasteiger partial charge in [-0.3, -0.25) is 4.98 Å². The van der Waals surface area contributed by atoms with Gasteiger partial charge >= 0.3 is 0 Å². The summed E-state index contributed by atoms with van der Waals surface area (Å²) in [6.07, 6.45) is 3.84. The molecular formula is C26H25ClN2O2. The van der Waals surface area contributed by atoms with Crippen LogP contribution in [-0.2, 0) is 19.4 Å². The molecule has 4 nitrogen and oxygen atoms in total. The minimum absolute atomic E-state index is 0.000844.